The van der Waals surface area contributed by atoms with Crippen LogP contribution < -0.4 is 26.4 Å². The van der Waals surface area contributed by atoms with Crippen LogP contribution in [0, 0.1) is 5.92 Å². The lowest BCUT2D eigenvalue weighted by molar-refractivity contribution is -0.274. The lowest BCUT2D eigenvalue weighted by atomic mass is 9.90. The summed E-state index contributed by atoms with van der Waals surface area (Å²) < 4.78 is 47.3. The monoisotopic (exact) mass is 848 g/mol. The lowest BCUT2D eigenvalue weighted by Crippen LogP contribution is -2.49. The highest BCUT2D eigenvalue weighted by molar-refractivity contribution is 6.30. The van der Waals surface area contributed by atoms with Gasteiger partial charge in [0, 0.05) is 42.0 Å². The van der Waals surface area contributed by atoms with Crippen molar-refractivity contribution in [2.75, 3.05) is 5.32 Å². The zero-order valence-corrected chi connectivity index (χ0v) is 33.7. The first kappa shape index (κ1) is 44.9. The fourth-order valence-electron chi connectivity index (χ4n) is 6.62. The van der Waals surface area contributed by atoms with Gasteiger partial charge in [0.15, 0.2) is 5.78 Å². The number of Topliss-reactive ketones (excluding diaryl/α,β-unsaturated/α-hetero) is 1. The van der Waals surface area contributed by atoms with Crippen molar-refractivity contribution in [3.05, 3.63) is 112 Å². The molecule has 4 amide bonds. The Kier molecular flexibility index (Phi) is 14.4. The number of anilines is 1. The molecule has 0 aliphatic heterocycles. The smallest absolute Gasteiger partial charge is 0.460 e. The van der Waals surface area contributed by atoms with E-state index in [1.807, 2.05) is 48.5 Å². The molecule has 5 N–H and O–H groups in total. The second-order valence-corrected chi connectivity index (χ2v) is 15.8. The van der Waals surface area contributed by atoms with Crippen molar-refractivity contribution in [1.82, 2.24) is 10.6 Å². The molecular formula is C44H44ClF3N4O8. The summed E-state index contributed by atoms with van der Waals surface area (Å²) in [4.78, 5) is 80.4. The molecule has 0 radical (unpaired) electrons. The van der Waals surface area contributed by atoms with Gasteiger partial charge in [-0.15, -0.1) is 13.2 Å². The number of benzene rings is 4. The Labute approximate surface area is 349 Å². The van der Waals surface area contributed by atoms with Gasteiger partial charge in [-0.3, -0.25) is 28.8 Å². The molecule has 1 aliphatic carbocycles. The van der Waals surface area contributed by atoms with Gasteiger partial charge in [0.05, 0.1) is 12.0 Å². The van der Waals surface area contributed by atoms with Crippen molar-refractivity contribution in [3.63, 3.8) is 0 Å². The summed E-state index contributed by atoms with van der Waals surface area (Å²) in [6.45, 7) is 4.93. The number of alkyl halides is 3. The summed E-state index contributed by atoms with van der Waals surface area (Å²) in [7, 11) is 0. The summed E-state index contributed by atoms with van der Waals surface area (Å²) in [5.41, 5.74) is 7.43. The maximum absolute atomic E-state index is 14.2. The molecule has 1 aliphatic rings. The number of amides is 4. The normalized spacial score (nSPS) is 13.9. The van der Waals surface area contributed by atoms with Gasteiger partial charge < -0.3 is 31.2 Å². The topological polar surface area (TPSA) is 183 Å². The highest BCUT2D eigenvalue weighted by Gasteiger charge is 2.34. The second kappa shape index (κ2) is 19.2. The number of hydrogen-bond donors (Lipinski definition) is 4. The van der Waals surface area contributed by atoms with Crippen molar-refractivity contribution in [3.8, 4) is 5.75 Å². The predicted octanol–water partition coefficient (Wildman–Crippen LogP) is 6.76. The van der Waals surface area contributed by atoms with Crippen molar-refractivity contribution >= 4 is 69.5 Å². The minimum absolute atomic E-state index is 0.0279. The van der Waals surface area contributed by atoms with Crippen LogP contribution in [0.25, 0.3) is 16.8 Å². The van der Waals surface area contributed by atoms with Gasteiger partial charge in [0.25, 0.3) is 0 Å². The largest absolute Gasteiger partial charge is 0.573 e. The van der Waals surface area contributed by atoms with Crippen LogP contribution in [-0.4, -0.2) is 59.4 Å². The number of hydrogen-bond acceptors (Lipinski definition) is 8. The van der Waals surface area contributed by atoms with Crippen LogP contribution in [0.5, 0.6) is 5.75 Å². The molecule has 316 valence electrons. The maximum atomic E-state index is 14.2. The Bertz CT molecular complexity index is 2310. The number of ketones is 1. The van der Waals surface area contributed by atoms with Crippen LogP contribution in [0.2, 0.25) is 5.02 Å². The molecule has 0 unspecified atom stereocenters. The molecular weight excluding hydrogens is 805 g/mol. The average Bonchev–Trinajstić information content (AvgIpc) is 3.58. The number of ether oxygens (including phenoxy) is 2. The molecule has 60 heavy (non-hydrogen) atoms. The number of fused-ring (bicyclic) bond motifs is 2. The molecule has 12 nitrogen and oxygen atoms in total. The van der Waals surface area contributed by atoms with E-state index >= 15 is 0 Å². The third-order valence-electron chi connectivity index (χ3n) is 9.37. The third kappa shape index (κ3) is 13.4. The van der Waals surface area contributed by atoms with Gasteiger partial charge in [-0.1, -0.05) is 60.1 Å². The number of carbonyl (C=O) groups is 6. The average molecular weight is 849 g/mol. The number of halogens is 4. The molecule has 0 fully saturated rings. The summed E-state index contributed by atoms with van der Waals surface area (Å²) in [5.74, 6) is -6.50. The number of esters is 1. The fourth-order valence-corrected chi connectivity index (χ4v) is 6.80. The second-order valence-electron chi connectivity index (χ2n) is 15.4. The zero-order valence-electron chi connectivity index (χ0n) is 33.0. The summed E-state index contributed by atoms with van der Waals surface area (Å²) >= 11 is 6.16. The molecule has 0 bridgehead atoms. The Hall–Kier alpha value is -6.22. The number of primary amides is 1. The van der Waals surface area contributed by atoms with Crippen molar-refractivity contribution in [1.29, 1.82) is 0 Å². The Balaban J connectivity index is 1.37. The zero-order chi connectivity index (χ0) is 43.8. The predicted molar refractivity (Wildman–Crippen MR) is 218 cm³/mol. The van der Waals surface area contributed by atoms with E-state index in [1.165, 1.54) is 0 Å². The van der Waals surface area contributed by atoms with E-state index in [0.717, 1.165) is 46.2 Å². The van der Waals surface area contributed by atoms with Crippen LogP contribution in [0.3, 0.4) is 0 Å². The van der Waals surface area contributed by atoms with Gasteiger partial charge in [-0.05, 0) is 104 Å². The lowest BCUT2D eigenvalue weighted by Gasteiger charge is -2.24. The molecule has 0 heterocycles. The van der Waals surface area contributed by atoms with E-state index in [4.69, 9.17) is 22.1 Å². The van der Waals surface area contributed by atoms with E-state index in [-0.39, 0.29) is 24.9 Å². The van der Waals surface area contributed by atoms with E-state index < -0.39 is 83.9 Å². The molecule has 3 atom stereocenters. The fraction of sp³-hybridized carbons (Fsp3) is 0.318. The summed E-state index contributed by atoms with van der Waals surface area (Å²) in [6.07, 6.45) is -4.78. The van der Waals surface area contributed by atoms with E-state index in [9.17, 15) is 41.9 Å². The highest BCUT2D eigenvalue weighted by atomic mass is 35.5. The van der Waals surface area contributed by atoms with Crippen LogP contribution >= 0.6 is 11.6 Å². The van der Waals surface area contributed by atoms with E-state index in [0.29, 0.717) is 22.6 Å². The summed E-state index contributed by atoms with van der Waals surface area (Å²) in [5, 5.41) is 10.2. The first-order chi connectivity index (χ1) is 28.2. The molecule has 0 spiro atoms. The van der Waals surface area contributed by atoms with Gasteiger partial charge >= 0.3 is 12.3 Å². The number of carbonyl (C=O) groups excluding carboxylic acids is 6. The van der Waals surface area contributed by atoms with Crippen LogP contribution in [0.1, 0.15) is 63.1 Å². The Morgan fingerprint density at radius 1 is 0.817 bits per heavy atom. The standard InChI is InChI=1S/C44H44ClF3N4O8/c1-43(2,3)60-39(55)17-16-35(42(58)50-33-12-14-34(15-13-33)59-44(46,47)48)51-41(57)31(24-38(49)54)23-37(53)36(19-25-8-9-26-6-4-5-7-27(26)18-25)52-40(56)30-20-28-10-11-32(45)22-29(28)21-30/h4-15,18,21-22,31,35-36H,16-17,19-20,23-24H2,1-3H3,(H2,49,54)(H,50,58)(H,51,57)(H,52,56)/t31-,35-,36-/m0/s1. The Morgan fingerprint density at radius 2 is 1.52 bits per heavy atom. The molecule has 4 aromatic rings. The van der Waals surface area contributed by atoms with Gasteiger partial charge in [-0.2, -0.15) is 0 Å². The minimum atomic E-state index is -4.94. The highest BCUT2D eigenvalue weighted by Crippen LogP contribution is 2.29. The van der Waals surface area contributed by atoms with Gasteiger partial charge in [0.1, 0.15) is 17.4 Å². The van der Waals surface area contributed by atoms with Crippen molar-refractivity contribution < 1.29 is 51.4 Å². The molecule has 0 aromatic heterocycles. The first-order valence-electron chi connectivity index (χ1n) is 19.0. The van der Waals surface area contributed by atoms with Gasteiger partial charge in [-0.25, -0.2) is 0 Å². The number of nitrogens with two attached hydrogens (primary N) is 1. The quantitative estimate of drug-likeness (QED) is 0.0842. The van der Waals surface area contributed by atoms with E-state index in [1.54, 1.807) is 39.0 Å². The third-order valence-corrected chi connectivity index (χ3v) is 9.60. The molecule has 4 aromatic carbocycles. The van der Waals surface area contributed by atoms with Crippen LogP contribution in [0.4, 0.5) is 18.9 Å². The maximum Gasteiger partial charge on any atom is 0.573 e. The molecule has 0 saturated carbocycles. The number of rotatable bonds is 17. The Morgan fingerprint density at radius 3 is 2.18 bits per heavy atom. The van der Waals surface area contributed by atoms with Crippen LogP contribution in [0.15, 0.2) is 90.5 Å². The first-order valence-corrected chi connectivity index (χ1v) is 19.4. The summed E-state index contributed by atoms with van der Waals surface area (Å²) in [6, 6.07) is 20.0. The SMILES string of the molecule is CC(C)(C)OC(=O)CC[C@H](NC(=O)[C@H](CC(N)=O)CC(=O)[C@H](Cc1ccc2ccccc2c1)NC(=O)C1=Cc2cc(Cl)ccc2C1)C(=O)Nc1ccc(OC(F)(F)F)cc1. The van der Waals surface area contributed by atoms with Crippen LogP contribution in [-0.2, 0) is 46.3 Å². The molecule has 5 rings (SSSR count). The molecule has 16 heteroatoms. The number of nitrogens with one attached hydrogen (secondary N) is 3. The van der Waals surface area contributed by atoms with Gasteiger partial charge in [0.2, 0.25) is 23.6 Å². The minimum Gasteiger partial charge on any atom is -0.460 e. The van der Waals surface area contributed by atoms with Crippen molar-refractivity contribution in [2.24, 2.45) is 11.7 Å². The van der Waals surface area contributed by atoms with Crippen molar-refractivity contribution in [2.45, 2.75) is 83.3 Å². The molecule has 0 saturated heterocycles. The van der Waals surface area contributed by atoms with E-state index in [2.05, 4.69) is 20.7 Å².